The molecule has 1 fully saturated rings. The molecule has 1 aliphatic rings. The summed E-state index contributed by atoms with van der Waals surface area (Å²) in [6.07, 6.45) is 2.40. The van der Waals surface area contributed by atoms with Gasteiger partial charge in [0.05, 0.1) is 12.7 Å². The number of nitriles is 1. The highest BCUT2D eigenvalue weighted by Crippen LogP contribution is 2.23. The predicted octanol–water partition coefficient (Wildman–Crippen LogP) is 1.91. The van der Waals surface area contributed by atoms with Gasteiger partial charge in [0.2, 0.25) is 0 Å². The minimum absolute atomic E-state index is 0. The molecule has 0 bridgehead atoms. The Labute approximate surface area is 120 Å². The first-order chi connectivity index (χ1) is 8.78. The van der Waals surface area contributed by atoms with Crippen LogP contribution in [0.25, 0.3) is 0 Å². The number of nitrogens with zero attached hydrogens (tertiary/aromatic N) is 2. The summed E-state index contributed by atoms with van der Waals surface area (Å²) in [5.74, 6) is 0.651. The second kappa shape index (κ2) is 7.34. The SMILES string of the molecule is COc1cc(CN2CCCC2CN)ccc1C#N.Cl. The first kappa shape index (κ1) is 15.8. The van der Waals surface area contributed by atoms with E-state index < -0.39 is 0 Å². The molecular weight excluding hydrogens is 262 g/mol. The predicted molar refractivity (Wildman–Crippen MR) is 77.4 cm³/mol. The highest BCUT2D eigenvalue weighted by atomic mass is 35.5. The van der Waals surface area contributed by atoms with Crippen molar-refractivity contribution < 1.29 is 4.74 Å². The van der Waals surface area contributed by atoms with Crippen molar-refractivity contribution in [1.82, 2.24) is 4.90 Å². The Morgan fingerprint density at radius 3 is 2.95 bits per heavy atom. The van der Waals surface area contributed by atoms with Crippen LogP contribution in [0.4, 0.5) is 0 Å². The summed E-state index contributed by atoms with van der Waals surface area (Å²) in [4.78, 5) is 2.40. The van der Waals surface area contributed by atoms with Gasteiger partial charge >= 0.3 is 0 Å². The largest absolute Gasteiger partial charge is 0.495 e. The summed E-state index contributed by atoms with van der Waals surface area (Å²) in [7, 11) is 1.60. The van der Waals surface area contributed by atoms with Gasteiger partial charge in [0.25, 0.3) is 0 Å². The van der Waals surface area contributed by atoms with Crippen molar-refractivity contribution in [2.75, 3.05) is 20.2 Å². The summed E-state index contributed by atoms with van der Waals surface area (Å²) >= 11 is 0. The lowest BCUT2D eigenvalue weighted by atomic mass is 10.1. The fourth-order valence-electron chi connectivity index (χ4n) is 2.53. The van der Waals surface area contributed by atoms with Crippen LogP contribution in [0.1, 0.15) is 24.0 Å². The zero-order chi connectivity index (χ0) is 13.0. The van der Waals surface area contributed by atoms with Crippen LogP contribution in [0, 0.1) is 11.3 Å². The van der Waals surface area contributed by atoms with Gasteiger partial charge in [-0.25, -0.2) is 0 Å². The van der Waals surface area contributed by atoms with Gasteiger partial charge in [-0.15, -0.1) is 12.4 Å². The Bertz CT molecular complexity index is 458. The number of rotatable bonds is 4. The van der Waals surface area contributed by atoms with E-state index in [-0.39, 0.29) is 12.4 Å². The van der Waals surface area contributed by atoms with Crippen LogP contribution >= 0.6 is 12.4 Å². The fraction of sp³-hybridized carbons (Fsp3) is 0.500. The van der Waals surface area contributed by atoms with Crippen molar-refractivity contribution >= 4 is 12.4 Å². The summed E-state index contributed by atoms with van der Waals surface area (Å²) in [5, 5.41) is 8.95. The van der Waals surface area contributed by atoms with E-state index in [1.54, 1.807) is 7.11 Å². The normalized spacial score (nSPS) is 18.7. The standard InChI is InChI=1S/C14H19N3O.ClH/c1-18-14-7-11(4-5-12(14)8-15)10-17-6-2-3-13(17)9-16;/h4-5,7,13H,2-3,6,9-10,16H2,1H3;1H. The molecule has 0 amide bonds. The Hall–Kier alpha value is -1.28. The van der Waals surface area contributed by atoms with E-state index in [0.717, 1.165) is 13.1 Å². The average molecular weight is 282 g/mol. The Morgan fingerprint density at radius 1 is 1.53 bits per heavy atom. The quantitative estimate of drug-likeness (QED) is 0.916. The molecule has 1 atom stereocenters. The molecule has 0 radical (unpaired) electrons. The van der Waals surface area contributed by atoms with Gasteiger partial charge in [-0.2, -0.15) is 5.26 Å². The average Bonchev–Trinajstić information content (AvgIpc) is 2.85. The number of halogens is 1. The van der Waals surface area contributed by atoms with Crippen LogP contribution in [0.2, 0.25) is 0 Å². The molecule has 0 aromatic heterocycles. The molecule has 2 N–H and O–H groups in total. The van der Waals surface area contributed by atoms with Gasteiger partial charge in [0.15, 0.2) is 0 Å². The van der Waals surface area contributed by atoms with E-state index in [0.29, 0.717) is 23.9 Å². The third-order valence-electron chi connectivity index (χ3n) is 3.54. The number of ether oxygens (including phenoxy) is 1. The number of hydrogen-bond acceptors (Lipinski definition) is 4. The van der Waals surface area contributed by atoms with Gasteiger partial charge in [-0.3, -0.25) is 4.90 Å². The second-order valence-electron chi connectivity index (χ2n) is 4.65. The van der Waals surface area contributed by atoms with Gasteiger partial charge in [0.1, 0.15) is 11.8 Å². The molecule has 104 valence electrons. The number of benzene rings is 1. The second-order valence-corrected chi connectivity index (χ2v) is 4.65. The Balaban J connectivity index is 0.00000180. The third-order valence-corrected chi connectivity index (χ3v) is 3.54. The van der Waals surface area contributed by atoms with Crippen LogP contribution in [0.5, 0.6) is 5.75 Å². The molecule has 1 aromatic carbocycles. The zero-order valence-electron chi connectivity index (χ0n) is 11.1. The summed E-state index contributed by atoms with van der Waals surface area (Å²) in [5.41, 5.74) is 7.52. The first-order valence-corrected chi connectivity index (χ1v) is 6.29. The molecule has 19 heavy (non-hydrogen) atoms. The van der Waals surface area contributed by atoms with Crippen LogP contribution in [0.15, 0.2) is 18.2 Å². The van der Waals surface area contributed by atoms with Crippen LogP contribution < -0.4 is 10.5 Å². The molecule has 5 heteroatoms. The molecule has 4 nitrogen and oxygen atoms in total. The highest BCUT2D eigenvalue weighted by molar-refractivity contribution is 5.85. The molecule has 2 rings (SSSR count). The lowest BCUT2D eigenvalue weighted by molar-refractivity contribution is 0.250. The minimum atomic E-state index is 0. The first-order valence-electron chi connectivity index (χ1n) is 6.29. The number of likely N-dealkylation sites (tertiary alicyclic amines) is 1. The molecule has 1 aliphatic heterocycles. The van der Waals surface area contributed by atoms with Crippen molar-refractivity contribution in [2.24, 2.45) is 5.73 Å². The van der Waals surface area contributed by atoms with Gasteiger partial charge in [-0.05, 0) is 37.1 Å². The Morgan fingerprint density at radius 2 is 2.32 bits per heavy atom. The molecule has 1 aromatic rings. The molecule has 1 saturated heterocycles. The highest BCUT2D eigenvalue weighted by Gasteiger charge is 2.23. The summed E-state index contributed by atoms with van der Waals surface area (Å²) in [6, 6.07) is 8.38. The van der Waals surface area contributed by atoms with Gasteiger partial charge in [-0.1, -0.05) is 6.07 Å². The van der Waals surface area contributed by atoms with Crippen molar-refractivity contribution in [2.45, 2.75) is 25.4 Å². The van der Waals surface area contributed by atoms with Gasteiger partial charge < -0.3 is 10.5 Å². The Kier molecular flexibility index (Phi) is 6.10. The topological polar surface area (TPSA) is 62.3 Å². The summed E-state index contributed by atoms with van der Waals surface area (Å²) < 4.78 is 5.23. The lowest BCUT2D eigenvalue weighted by Crippen LogP contribution is -2.34. The fourth-order valence-corrected chi connectivity index (χ4v) is 2.53. The maximum absolute atomic E-state index is 8.95. The molecule has 1 heterocycles. The molecule has 0 aliphatic carbocycles. The number of nitrogens with two attached hydrogens (primary N) is 1. The number of hydrogen-bond donors (Lipinski definition) is 1. The van der Waals surface area contributed by atoms with Crippen molar-refractivity contribution in [3.05, 3.63) is 29.3 Å². The van der Waals surface area contributed by atoms with E-state index in [4.69, 9.17) is 15.7 Å². The smallest absolute Gasteiger partial charge is 0.136 e. The van der Waals surface area contributed by atoms with Crippen molar-refractivity contribution in [1.29, 1.82) is 5.26 Å². The van der Waals surface area contributed by atoms with Crippen molar-refractivity contribution in [3.63, 3.8) is 0 Å². The molecule has 0 saturated carbocycles. The van der Waals surface area contributed by atoms with Crippen molar-refractivity contribution in [3.8, 4) is 11.8 Å². The van der Waals surface area contributed by atoms with Crippen LogP contribution in [-0.4, -0.2) is 31.1 Å². The van der Waals surface area contributed by atoms with Crippen LogP contribution in [-0.2, 0) is 6.54 Å². The van der Waals surface area contributed by atoms with Crippen LogP contribution in [0.3, 0.4) is 0 Å². The molecule has 0 spiro atoms. The van der Waals surface area contributed by atoms with E-state index in [1.807, 2.05) is 18.2 Å². The maximum Gasteiger partial charge on any atom is 0.136 e. The molecule has 1 unspecified atom stereocenters. The minimum Gasteiger partial charge on any atom is -0.495 e. The lowest BCUT2D eigenvalue weighted by Gasteiger charge is -2.23. The maximum atomic E-state index is 8.95. The molecular formula is C14H20ClN3O. The zero-order valence-corrected chi connectivity index (χ0v) is 11.9. The van der Waals surface area contributed by atoms with E-state index >= 15 is 0 Å². The van der Waals surface area contributed by atoms with E-state index in [9.17, 15) is 0 Å². The summed E-state index contributed by atoms with van der Waals surface area (Å²) in [6.45, 7) is 2.70. The third kappa shape index (κ3) is 3.60. The van der Waals surface area contributed by atoms with E-state index in [1.165, 1.54) is 18.4 Å². The number of methoxy groups -OCH3 is 1. The van der Waals surface area contributed by atoms with E-state index in [2.05, 4.69) is 11.0 Å². The van der Waals surface area contributed by atoms with Gasteiger partial charge in [0, 0.05) is 19.1 Å². The monoisotopic (exact) mass is 281 g/mol.